The fourth-order valence-electron chi connectivity index (χ4n) is 5.64. The lowest BCUT2D eigenvalue weighted by molar-refractivity contribution is 0.0225. The first-order valence-corrected chi connectivity index (χ1v) is 10.5. The Bertz CT molecular complexity index is 1190. The summed E-state index contributed by atoms with van der Waals surface area (Å²) in [5.41, 5.74) is 2.44. The first-order valence-electron chi connectivity index (χ1n) is 10.5. The molecule has 3 heterocycles. The number of aromatic nitrogens is 3. The van der Waals surface area contributed by atoms with Crippen LogP contribution in [0.25, 0.3) is 0 Å². The maximum Gasteiger partial charge on any atom is 0.348 e. The van der Waals surface area contributed by atoms with E-state index in [0.29, 0.717) is 0 Å². The lowest BCUT2D eigenvalue weighted by Gasteiger charge is -2.57. The Hall–Kier alpha value is -3.08. The van der Waals surface area contributed by atoms with Crippen LogP contribution in [0.2, 0.25) is 0 Å². The highest BCUT2D eigenvalue weighted by molar-refractivity contribution is 5.45. The van der Waals surface area contributed by atoms with Gasteiger partial charge in [0.25, 0.3) is 0 Å². The number of hydrogen-bond donors (Lipinski definition) is 0. The molecule has 0 saturated heterocycles. The summed E-state index contributed by atoms with van der Waals surface area (Å²) in [5, 5.41) is 0. The number of rotatable bonds is 2. The van der Waals surface area contributed by atoms with Crippen molar-refractivity contribution in [1.29, 1.82) is 0 Å². The van der Waals surface area contributed by atoms with E-state index in [-0.39, 0.29) is 23.2 Å². The SMILES string of the molecule is Cc1ccc([C@@]23C=C[C@@](c4ccc(C)cc4)([C@@H](C)[C@@H]2C)n2c(=O)n(C)c(=O)n23)cc1. The van der Waals surface area contributed by atoms with E-state index in [1.807, 2.05) is 0 Å². The molecule has 6 rings (SSSR count). The van der Waals surface area contributed by atoms with Gasteiger partial charge in [-0.05, 0) is 36.8 Å². The second kappa shape index (κ2) is 5.97. The van der Waals surface area contributed by atoms with E-state index in [4.69, 9.17) is 0 Å². The molecule has 2 aliphatic heterocycles. The van der Waals surface area contributed by atoms with Crippen molar-refractivity contribution in [2.75, 3.05) is 0 Å². The van der Waals surface area contributed by atoms with Crippen LogP contribution in [0.15, 0.2) is 70.3 Å². The van der Waals surface area contributed by atoms with Crippen LogP contribution in [0.1, 0.15) is 36.1 Å². The van der Waals surface area contributed by atoms with Gasteiger partial charge in [0, 0.05) is 7.05 Å². The highest BCUT2D eigenvalue weighted by Crippen LogP contribution is 2.55. The van der Waals surface area contributed by atoms with Crippen molar-refractivity contribution in [2.24, 2.45) is 18.9 Å². The van der Waals surface area contributed by atoms with E-state index in [1.54, 1.807) is 16.4 Å². The summed E-state index contributed by atoms with van der Waals surface area (Å²) >= 11 is 0. The van der Waals surface area contributed by atoms with E-state index in [0.717, 1.165) is 11.1 Å². The Labute approximate surface area is 175 Å². The lowest BCUT2D eigenvalue weighted by Crippen LogP contribution is -2.66. The fourth-order valence-corrected chi connectivity index (χ4v) is 5.64. The molecule has 4 atom stereocenters. The Morgan fingerprint density at radius 3 is 1.33 bits per heavy atom. The molecule has 0 amide bonds. The van der Waals surface area contributed by atoms with Crippen molar-refractivity contribution in [2.45, 2.75) is 38.8 Å². The van der Waals surface area contributed by atoms with Gasteiger partial charge in [0.2, 0.25) is 0 Å². The average Bonchev–Trinajstić information content (AvgIpc) is 2.98. The lowest BCUT2D eigenvalue weighted by atomic mass is 9.58. The minimum atomic E-state index is -0.697. The van der Waals surface area contributed by atoms with Gasteiger partial charge in [-0.3, -0.25) is 0 Å². The van der Waals surface area contributed by atoms with Gasteiger partial charge in [-0.15, -0.1) is 0 Å². The van der Waals surface area contributed by atoms with Crippen LogP contribution in [0.3, 0.4) is 0 Å². The molecule has 0 N–H and O–H groups in total. The molecule has 0 saturated carbocycles. The van der Waals surface area contributed by atoms with Crippen LogP contribution in [-0.2, 0) is 18.1 Å². The monoisotopic (exact) mass is 401 g/mol. The second-order valence-corrected chi connectivity index (χ2v) is 9.04. The minimum absolute atomic E-state index is 0.103. The largest absolute Gasteiger partial charge is 0.348 e. The van der Waals surface area contributed by atoms with Crippen molar-refractivity contribution in [3.63, 3.8) is 0 Å². The Kier molecular flexibility index (Phi) is 3.77. The zero-order valence-corrected chi connectivity index (χ0v) is 18.1. The summed E-state index contributed by atoms with van der Waals surface area (Å²) in [6.45, 7) is 8.50. The van der Waals surface area contributed by atoms with Crippen molar-refractivity contribution in [3.05, 3.63) is 104 Å². The van der Waals surface area contributed by atoms with Gasteiger partial charge >= 0.3 is 11.4 Å². The molecule has 30 heavy (non-hydrogen) atoms. The molecule has 0 fully saturated rings. The normalized spacial score (nSPS) is 29.2. The first kappa shape index (κ1) is 18.9. The predicted molar refractivity (Wildman–Crippen MR) is 118 cm³/mol. The number of aryl methyl sites for hydroxylation is 2. The topological polar surface area (TPSA) is 48.9 Å². The molecule has 5 heteroatoms. The van der Waals surface area contributed by atoms with Crippen molar-refractivity contribution >= 4 is 0 Å². The summed E-state index contributed by atoms with van der Waals surface area (Å²) in [6.07, 6.45) is 4.31. The van der Waals surface area contributed by atoms with E-state index >= 15 is 0 Å². The van der Waals surface area contributed by atoms with Crippen LogP contribution in [0.5, 0.6) is 0 Å². The Morgan fingerprint density at radius 1 is 0.667 bits per heavy atom. The smallest absolute Gasteiger partial charge is 0.246 e. The van der Waals surface area contributed by atoms with Gasteiger partial charge in [-0.1, -0.05) is 85.7 Å². The molecular weight excluding hydrogens is 374 g/mol. The molecule has 3 aliphatic rings. The van der Waals surface area contributed by atoms with Gasteiger partial charge in [0.15, 0.2) is 0 Å². The van der Waals surface area contributed by atoms with Crippen LogP contribution < -0.4 is 11.4 Å². The quantitative estimate of drug-likeness (QED) is 0.619. The summed E-state index contributed by atoms with van der Waals surface area (Å²) < 4.78 is 4.67. The molecular formula is C25H27N3O2. The predicted octanol–water partition coefficient (Wildman–Crippen LogP) is 3.31. The maximum absolute atomic E-state index is 13.4. The zero-order chi connectivity index (χ0) is 21.4. The standard InChI is InChI=1S/C25H27N3O2/c1-16-6-10-20(11-7-16)24-14-15-25(19(4)18(24)3,21-12-8-17(2)9-13-21)28-23(30)26(5)22(29)27(24)28/h6-15,18-19H,1-5H3/t18-,19-,24-,25+/m0/s1. The maximum atomic E-state index is 13.4. The van der Waals surface area contributed by atoms with Crippen molar-refractivity contribution in [3.8, 4) is 0 Å². The van der Waals surface area contributed by atoms with Gasteiger partial charge in [0.1, 0.15) is 11.1 Å². The Morgan fingerprint density at radius 2 is 1.00 bits per heavy atom. The van der Waals surface area contributed by atoms with Gasteiger partial charge in [0.05, 0.1) is 0 Å². The minimum Gasteiger partial charge on any atom is -0.246 e. The summed E-state index contributed by atoms with van der Waals surface area (Å²) in [7, 11) is 1.57. The van der Waals surface area contributed by atoms with Gasteiger partial charge in [-0.25, -0.2) is 23.5 Å². The number of allylic oxidation sites excluding steroid dienone is 2. The molecule has 1 aromatic heterocycles. The molecule has 2 aromatic carbocycles. The van der Waals surface area contributed by atoms with Crippen LogP contribution in [0, 0.1) is 25.7 Å². The van der Waals surface area contributed by atoms with Crippen molar-refractivity contribution in [1.82, 2.24) is 13.9 Å². The molecule has 0 spiro atoms. The third-order valence-electron chi connectivity index (χ3n) is 7.60. The molecule has 0 radical (unpaired) electrons. The fraction of sp³-hybridized carbons (Fsp3) is 0.360. The Balaban J connectivity index is 1.93. The molecule has 154 valence electrons. The number of fused-ring (bicyclic) bond motifs is 1. The molecule has 5 nitrogen and oxygen atoms in total. The van der Waals surface area contributed by atoms with E-state index in [1.165, 1.54) is 15.7 Å². The molecule has 1 aliphatic carbocycles. The summed E-state index contributed by atoms with van der Waals surface area (Å²) in [6, 6.07) is 16.6. The molecule has 2 bridgehead atoms. The van der Waals surface area contributed by atoms with Gasteiger partial charge in [-0.2, -0.15) is 0 Å². The van der Waals surface area contributed by atoms with Gasteiger partial charge < -0.3 is 0 Å². The molecule has 3 aromatic rings. The van der Waals surface area contributed by atoms with E-state index < -0.39 is 11.1 Å². The highest BCUT2D eigenvalue weighted by Gasteiger charge is 2.60. The number of hydrogen-bond acceptors (Lipinski definition) is 2. The molecule has 0 unspecified atom stereocenters. The second-order valence-electron chi connectivity index (χ2n) is 9.04. The summed E-state index contributed by atoms with van der Waals surface area (Å²) in [5.74, 6) is 0.206. The van der Waals surface area contributed by atoms with E-state index in [9.17, 15) is 9.59 Å². The number of nitrogens with zero attached hydrogens (tertiary/aromatic N) is 3. The number of benzene rings is 2. The van der Waals surface area contributed by atoms with Crippen LogP contribution in [0.4, 0.5) is 0 Å². The third kappa shape index (κ3) is 2.02. The highest BCUT2D eigenvalue weighted by atomic mass is 16.2. The van der Waals surface area contributed by atoms with Crippen LogP contribution >= 0.6 is 0 Å². The average molecular weight is 402 g/mol. The summed E-state index contributed by atoms with van der Waals surface area (Å²) in [4.78, 5) is 26.8. The van der Waals surface area contributed by atoms with E-state index in [2.05, 4.69) is 88.4 Å². The van der Waals surface area contributed by atoms with Crippen LogP contribution in [-0.4, -0.2) is 13.9 Å². The first-order chi connectivity index (χ1) is 14.2. The van der Waals surface area contributed by atoms with Crippen molar-refractivity contribution < 1.29 is 0 Å². The zero-order valence-electron chi connectivity index (χ0n) is 18.1. The third-order valence-corrected chi connectivity index (χ3v) is 7.60.